The molecule has 7 nitrogen and oxygen atoms in total. The van der Waals surface area contributed by atoms with Crippen molar-refractivity contribution < 1.29 is 44.7 Å². The number of hydrogen-bond donors (Lipinski definition) is 0. The minimum atomic E-state index is -4.65. The number of fused-ring (bicyclic) bond motifs is 2. The number of rotatable bonds is 11. The van der Waals surface area contributed by atoms with Gasteiger partial charge in [-0.15, -0.1) is 0 Å². The smallest absolute Gasteiger partial charge is 0.417 e. The second-order valence-electron chi connectivity index (χ2n) is 14.3. The zero-order valence-corrected chi connectivity index (χ0v) is 32.7. The van der Waals surface area contributed by atoms with E-state index in [0.29, 0.717) is 47.5 Å². The zero-order valence-electron chi connectivity index (χ0n) is 32.7. The van der Waals surface area contributed by atoms with Crippen LogP contribution in [0.5, 0.6) is 11.5 Å². The summed E-state index contributed by atoms with van der Waals surface area (Å²) in [6, 6.07) is 30.8. The van der Waals surface area contributed by atoms with Gasteiger partial charge >= 0.3 is 23.6 Å². The third-order valence-corrected chi connectivity index (χ3v) is 10.2. The first kappa shape index (κ1) is 42.5. The molecule has 0 saturated carbocycles. The van der Waals surface area contributed by atoms with Crippen molar-refractivity contribution in [3.05, 3.63) is 177 Å². The summed E-state index contributed by atoms with van der Waals surface area (Å²) in [6.45, 7) is 7.66. The first-order valence-corrected chi connectivity index (χ1v) is 19.4. The molecule has 61 heavy (non-hydrogen) atoms. The SMILES string of the molecule is C=CCOc1ccc2c(Cc3ccc(OCCN4CCCC4)cc3)c(-c3ccc(C(F)(F)F)cc3)c(=O)oc2c1.O=c1oc2ccccc2c(C(F)(F)F)c1-c1ccccc1. The molecule has 8 rings (SSSR count). The Morgan fingerprint density at radius 3 is 1.93 bits per heavy atom. The third-order valence-electron chi connectivity index (χ3n) is 10.2. The lowest BCUT2D eigenvalue weighted by Gasteiger charge is -2.16. The first-order valence-electron chi connectivity index (χ1n) is 19.4. The maximum atomic E-state index is 13.5. The van der Waals surface area contributed by atoms with Crippen molar-refractivity contribution in [2.45, 2.75) is 31.6 Å². The first-order chi connectivity index (χ1) is 29.3. The van der Waals surface area contributed by atoms with Crippen LogP contribution in [-0.4, -0.2) is 37.7 Å². The number of likely N-dealkylation sites (tertiary alicyclic amines) is 1. The monoisotopic (exact) mass is 839 g/mol. The van der Waals surface area contributed by atoms with Crippen molar-refractivity contribution in [1.82, 2.24) is 4.90 Å². The Kier molecular flexibility index (Phi) is 12.8. The van der Waals surface area contributed by atoms with E-state index in [-0.39, 0.29) is 22.1 Å². The fourth-order valence-electron chi connectivity index (χ4n) is 7.31. The van der Waals surface area contributed by atoms with Gasteiger partial charge in [-0.05, 0) is 97.1 Å². The summed E-state index contributed by atoms with van der Waals surface area (Å²) < 4.78 is 102. The van der Waals surface area contributed by atoms with Crippen LogP contribution < -0.4 is 20.7 Å². The third kappa shape index (κ3) is 10.1. The molecule has 2 aromatic heterocycles. The molecule has 1 aliphatic heterocycles. The molecule has 0 aliphatic carbocycles. The van der Waals surface area contributed by atoms with Crippen molar-refractivity contribution in [2.75, 3.05) is 32.8 Å². The molecule has 1 saturated heterocycles. The van der Waals surface area contributed by atoms with Crippen molar-refractivity contribution in [3.63, 3.8) is 0 Å². The molecule has 0 bridgehead atoms. The molecule has 1 fully saturated rings. The molecule has 3 heterocycles. The molecule has 314 valence electrons. The van der Waals surface area contributed by atoms with Gasteiger partial charge in [0.25, 0.3) is 0 Å². The number of benzene rings is 5. The Bertz CT molecular complexity index is 2740. The minimum Gasteiger partial charge on any atom is -0.492 e. The lowest BCUT2D eigenvalue weighted by Crippen LogP contribution is -2.25. The molecule has 5 aromatic carbocycles. The molecule has 0 radical (unpaired) electrons. The molecule has 0 spiro atoms. The summed E-state index contributed by atoms with van der Waals surface area (Å²) in [5.74, 6) is 1.27. The average Bonchev–Trinajstić information content (AvgIpc) is 3.76. The number of alkyl halides is 6. The van der Waals surface area contributed by atoms with Gasteiger partial charge in [-0.2, -0.15) is 26.3 Å². The molecule has 13 heteroatoms. The molecule has 0 N–H and O–H groups in total. The van der Waals surface area contributed by atoms with E-state index in [0.717, 1.165) is 43.1 Å². The van der Waals surface area contributed by atoms with E-state index in [1.807, 2.05) is 24.3 Å². The van der Waals surface area contributed by atoms with Gasteiger partial charge in [0.2, 0.25) is 0 Å². The molecule has 0 atom stereocenters. The second kappa shape index (κ2) is 18.3. The quantitative estimate of drug-likeness (QED) is 0.0729. The second-order valence-corrected chi connectivity index (χ2v) is 14.3. The lowest BCUT2D eigenvalue weighted by atomic mass is 9.93. The lowest BCUT2D eigenvalue weighted by molar-refractivity contribution is -0.137. The van der Waals surface area contributed by atoms with Gasteiger partial charge in [-0.25, -0.2) is 9.59 Å². The van der Waals surface area contributed by atoms with E-state index in [2.05, 4.69) is 11.5 Å². The molecule has 1 aliphatic rings. The number of para-hydroxylation sites is 1. The fourth-order valence-corrected chi connectivity index (χ4v) is 7.31. The predicted octanol–water partition coefficient (Wildman–Crippen LogP) is 11.6. The van der Waals surface area contributed by atoms with E-state index >= 15 is 0 Å². The van der Waals surface area contributed by atoms with Crippen LogP contribution in [0.4, 0.5) is 26.3 Å². The van der Waals surface area contributed by atoms with E-state index < -0.39 is 40.3 Å². The van der Waals surface area contributed by atoms with Gasteiger partial charge in [0.05, 0.1) is 22.3 Å². The molecule has 0 unspecified atom stereocenters. The molecule has 0 amide bonds. The van der Waals surface area contributed by atoms with Crippen molar-refractivity contribution in [1.29, 1.82) is 0 Å². The van der Waals surface area contributed by atoms with Crippen LogP contribution >= 0.6 is 0 Å². The van der Waals surface area contributed by atoms with Crippen LogP contribution in [-0.2, 0) is 18.8 Å². The highest BCUT2D eigenvalue weighted by molar-refractivity contribution is 5.89. The normalized spacial score (nSPS) is 13.2. The predicted molar refractivity (Wildman–Crippen MR) is 222 cm³/mol. The summed E-state index contributed by atoms with van der Waals surface area (Å²) in [7, 11) is 0. The highest BCUT2D eigenvalue weighted by Gasteiger charge is 2.38. The van der Waals surface area contributed by atoms with E-state index in [4.69, 9.17) is 18.3 Å². The summed E-state index contributed by atoms with van der Waals surface area (Å²) in [6.07, 6.45) is -4.69. The van der Waals surface area contributed by atoms with E-state index in [1.165, 1.54) is 61.4 Å². The van der Waals surface area contributed by atoms with Gasteiger partial charge in [0, 0.05) is 23.4 Å². The number of nitrogens with zero attached hydrogens (tertiary/aromatic N) is 1. The van der Waals surface area contributed by atoms with Crippen LogP contribution in [0.25, 0.3) is 44.2 Å². The summed E-state index contributed by atoms with van der Waals surface area (Å²) in [5.41, 5.74) is -1.23. The number of hydrogen-bond acceptors (Lipinski definition) is 7. The van der Waals surface area contributed by atoms with Crippen LogP contribution in [0.15, 0.2) is 152 Å². The maximum Gasteiger partial charge on any atom is 0.417 e. The van der Waals surface area contributed by atoms with Crippen molar-refractivity contribution >= 4 is 21.9 Å². The number of ether oxygens (including phenoxy) is 2. The summed E-state index contributed by atoms with van der Waals surface area (Å²) >= 11 is 0. The Morgan fingerprint density at radius 1 is 0.639 bits per heavy atom. The molecular weight excluding hydrogens is 801 g/mol. The molecular formula is C48H39F6NO6. The van der Waals surface area contributed by atoms with Crippen LogP contribution in [0.2, 0.25) is 0 Å². The Balaban J connectivity index is 0.000000224. The standard InChI is InChI=1S/C32H30F3NO4.C16H9F3O2/c1-2-18-38-26-13-14-27-28(20-22-5-11-25(12-6-22)39-19-17-36-15-3-4-16-36)30(31(37)40-29(27)21-26)23-7-9-24(10-8-23)32(33,34)35;17-16(18,19)14-11-8-4-5-9-12(11)21-15(20)13(14)10-6-2-1-3-7-10/h2,5-14,21H,1,3-4,15-20H2;1-9H. The van der Waals surface area contributed by atoms with Gasteiger partial charge in [0.15, 0.2) is 0 Å². The topological polar surface area (TPSA) is 82.1 Å². The zero-order chi connectivity index (χ0) is 43.1. The van der Waals surface area contributed by atoms with Gasteiger partial charge in [-0.1, -0.05) is 85.5 Å². The average molecular weight is 840 g/mol. The summed E-state index contributed by atoms with van der Waals surface area (Å²) in [5, 5.41) is 0.551. The van der Waals surface area contributed by atoms with E-state index in [9.17, 15) is 35.9 Å². The largest absolute Gasteiger partial charge is 0.492 e. The van der Waals surface area contributed by atoms with Gasteiger partial charge < -0.3 is 18.3 Å². The highest BCUT2D eigenvalue weighted by atomic mass is 19.4. The number of halogens is 6. The fraction of sp³-hybridized carbons (Fsp3) is 0.208. The van der Waals surface area contributed by atoms with E-state index in [1.54, 1.807) is 42.5 Å². The van der Waals surface area contributed by atoms with Crippen molar-refractivity contribution in [2.24, 2.45) is 0 Å². The Labute approximate surface area is 346 Å². The summed E-state index contributed by atoms with van der Waals surface area (Å²) in [4.78, 5) is 27.7. The van der Waals surface area contributed by atoms with Crippen LogP contribution in [0.1, 0.15) is 35.1 Å². The Hall–Kier alpha value is -6.60. The van der Waals surface area contributed by atoms with Crippen LogP contribution in [0.3, 0.4) is 0 Å². The molecule has 7 aromatic rings. The van der Waals surface area contributed by atoms with Gasteiger partial charge in [-0.3, -0.25) is 4.90 Å². The highest BCUT2D eigenvalue weighted by Crippen LogP contribution is 2.40. The van der Waals surface area contributed by atoms with Crippen LogP contribution in [0, 0.1) is 0 Å². The Morgan fingerprint density at radius 2 is 1.26 bits per heavy atom. The van der Waals surface area contributed by atoms with Gasteiger partial charge in [0.1, 0.15) is 35.9 Å². The van der Waals surface area contributed by atoms with Crippen molar-refractivity contribution in [3.8, 4) is 33.8 Å². The maximum absolute atomic E-state index is 13.5. The minimum absolute atomic E-state index is 0.0745.